The maximum Gasteiger partial charge on any atom is 0.123 e. The van der Waals surface area contributed by atoms with Crippen LogP contribution < -0.4 is 0 Å². The minimum absolute atomic E-state index is 0.303. The second-order valence-electron chi connectivity index (χ2n) is 4.18. The van der Waals surface area contributed by atoms with E-state index in [9.17, 15) is 0 Å². The van der Waals surface area contributed by atoms with Gasteiger partial charge in [0.25, 0.3) is 0 Å². The van der Waals surface area contributed by atoms with Gasteiger partial charge in [0.2, 0.25) is 0 Å². The molecule has 0 unspecified atom stereocenters. The normalized spacial score (nSPS) is 13.0. The van der Waals surface area contributed by atoms with Crippen molar-refractivity contribution in [1.82, 2.24) is 14.9 Å². The quantitative estimate of drug-likeness (QED) is 0.853. The molecule has 0 fully saturated rings. The minimum atomic E-state index is 0.303. The fourth-order valence-electron chi connectivity index (χ4n) is 1.55. The third-order valence-corrected chi connectivity index (χ3v) is 2.84. The lowest BCUT2D eigenvalue weighted by molar-refractivity contribution is 0.310. The van der Waals surface area contributed by atoms with Gasteiger partial charge in [0.15, 0.2) is 0 Å². The Morgan fingerprint density at radius 2 is 1.88 bits per heavy atom. The second-order valence-corrected chi connectivity index (χ2v) is 4.18. The Morgan fingerprint density at radius 3 is 2.50 bits per heavy atom. The highest BCUT2D eigenvalue weighted by Gasteiger charge is 2.12. The van der Waals surface area contributed by atoms with E-state index in [1.165, 1.54) is 0 Å². The lowest BCUT2D eigenvalue weighted by Gasteiger charge is -2.16. The molecule has 1 aromatic heterocycles. The molecule has 2 aromatic rings. The van der Waals surface area contributed by atoms with E-state index in [4.69, 9.17) is 0 Å². The lowest BCUT2D eigenvalue weighted by atomic mass is 10.2. The highest BCUT2D eigenvalue weighted by molar-refractivity contribution is 5.58. The largest absolute Gasteiger partial charge is 0.347 e. The minimum Gasteiger partial charge on any atom is -0.347 e. The zero-order valence-corrected chi connectivity index (χ0v) is 9.94. The summed E-state index contributed by atoms with van der Waals surface area (Å²) in [4.78, 5) is 9.97. The summed E-state index contributed by atoms with van der Waals surface area (Å²) >= 11 is 0. The number of hydrogen-bond acceptors (Lipinski definition) is 2. The topological polar surface area (TPSA) is 31.9 Å². The number of hydrogen-bond donors (Lipinski definition) is 1. The van der Waals surface area contributed by atoms with Gasteiger partial charge in [-0.2, -0.15) is 0 Å². The van der Waals surface area contributed by atoms with Gasteiger partial charge in [0.05, 0.1) is 11.7 Å². The highest BCUT2D eigenvalue weighted by atomic mass is 15.1. The van der Waals surface area contributed by atoms with Crippen LogP contribution >= 0.6 is 0 Å². The van der Waals surface area contributed by atoms with Crippen LogP contribution in [0.25, 0.3) is 11.3 Å². The molecule has 3 nitrogen and oxygen atoms in total. The summed E-state index contributed by atoms with van der Waals surface area (Å²) in [6.45, 7) is 2.13. The molecular weight excluding hydrogens is 198 g/mol. The van der Waals surface area contributed by atoms with Gasteiger partial charge in [0, 0.05) is 11.8 Å². The molecule has 0 saturated carbocycles. The Bertz CT molecular complexity index is 445. The Morgan fingerprint density at radius 1 is 1.19 bits per heavy atom. The Kier molecular flexibility index (Phi) is 3.06. The molecule has 2 rings (SSSR count). The molecule has 0 radical (unpaired) electrons. The molecule has 0 saturated heterocycles. The van der Waals surface area contributed by atoms with E-state index in [0.717, 1.165) is 17.1 Å². The first-order valence-electron chi connectivity index (χ1n) is 5.45. The van der Waals surface area contributed by atoms with Crippen LogP contribution in [0.4, 0.5) is 0 Å². The molecule has 1 aromatic carbocycles. The number of aromatic nitrogens is 2. The maximum atomic E-state index is 4.60. The molecule has 0 amide bonds. The molecule has 1 heterocycles. The van der Waals surface area contributed by atoms with Crippen molar-refractivity contribution in [2.45, 2.75) is 13.0 Å². The van der Waals surface area contributed by atoms with Crippen LogP contribution in [0.1, 0.15) is 18.8 Å². The molecule has 1 N–H and O–H groups in total. The molecule has 0 aliphatic heterocycles. The Labute approximate surface area is 96.1 Å². The molecule has 0 aliphatic rings. The highest BCUT2D eigenvalue weighted by Crippen LogP contribution is 2.20. The summed E-state index contributed by atoms with van der Waals surface area (Å²) in [5.74, 6) is 1.00. The van der Waals surface area contributed by atoms with E-state index in [1.54, 1.807) is 0 Å². The maximum absolute atomic E-state index is 4.60. The molecule has 0 aliphatic carbocycles. The van der Waals surface area contributed by atoms with Gasteiger partial charge in [-0.15, -0.1) is 0 Å². The van der Waals surface area contributed by atoms with Gasteiger partial charge in [-0.05, 0) is 21.0 Å². The first-order valence-corrected chi connectivity index (χ1v) is 5.45. The molecular formula is C13H17N3. The van der Waals surface area contributed by atoms with Gasteiger partial charge in [-0.3, -0.25) is 4.90 Å². The number of benzene rings is 1. The van der Waals surface area contributed by atoms with Crippen LogP contribution in [-0.4, -0.2) is 29.0 Å². The monoisotopic (exact) mass is 215 g/mol. The van der Waals surface area contributed by atoms with Crippen LogP contribution in [0.3, 0.4) is 0 Å². The van der Waals surface area contributed by atoms with Crippen LogP contribution in [-0.2, 0) is 0 Å². The predicted molar refractivity (Wildman–Crippen MR) is 66.1 cm³/mol. The smallest absolute Gasteiger partial charge is 0.123 e. The molecule has 0 bridgehead atoms. The fraction of sp³-hybridized carbons (Fsp3) is 0.308. The third-order valence-electron chi connectivity index (χ3n) is 2.84. The summed E-state index contributed by atoms with van der Waals surface area (Å²) in [7, 11) is 4.10. The van der Waals surface area contributed by atoms with Crippen LogP contribution in [0, 0.1) is 0 Å². The number of nitrogens with one attached hydrogen (secondary N) is 1. The first-order chi connectivity index (χ1) is 7.68. The van der Waals surface area contributed by atoms with E-state index < -0.39 is 0 Å². The van der Waals surface area contributed by atoms with Crippen molar-refractivity contribution < 1.29 is 0 Å². The van der Waals surface area contributed by atoms with Crippen molar-refractivity contribution in [3.63, 3.8) is 0 Å². The lowest BCUT2D eigenvalue weighted by Crippen LogP contribution is -2.17. The van der Waals surface area contributed by atoms with E-state index in [-0.39, 0.29) is 0 Å². The molecule has 1 atom stereocenters. The average molecular weight is 215 g/mol. The molecule has 0 spiro atoms. The van der Waals surface area contributed by atoms with Gasteiger partial charge in [-0.1, -0.05) is 30.3 Å². The van der Waals surface area contributed by atoms with E-state index in [0.29, 0.717) is 6.04 Å². The molecule has 16 heavy (non-hydrogen) atoms. The first kappa shape index (κ1) is 10.9. The summed E-state index contributed by atoms with van der Waals surface area (Å²) in [6, 6.07) is 10.5. The van der Waals surface area contributed by atoms with E-state index >= 15 is 0 Å². The molecule has 3 heteroatoms. The SMILES string of the molecule is C[C@@H](c1nc(-c2ccccc2)c[nH]1)N(C)C. The number of rotatable bonds is 3. The second kappa shape index (κ2) is 4.49. The Hall–Kier alpha value is -1.61. The fourth-order valence-corrected chi connectivity index (χ4v) is 1.55. The standard InChI is InChI=1S/C13H17N3/c1-10(16(2)3)13-14-9-12(15-13)11-7-5-4-6-8-11/h4-10H,1-3H3,(H,14,15)/t10-/m0/s1. The van der Waals surface area contributed by atoms with Crippen molar-refractivity contribution in [3.05, 3.63) is 42.4 Å². The third kappa shape index (κ3) is 2.14. The summed E-state index contributed by atoms with van der Waals surface area (Å²) in [6.07, 6.45) is 1.96. The molecule has 84 valence electrons. The van der Waals surface area contributed by atoms with Gasteiger partial charge in [-0.25, -0.2) is 4.98 Å². The van der Waals surface area contributed by atoms with Crippen molar-refractivity contribution in [1.29, 1.82) is 0 Å². The summed E-state index contributed by atoms with van der Waals surface area (Å²) < 4.78 is 0. The summed E-state index contributed by atoms with van der Waals surface area (Å²) in [5, 5.41) is 0. The van der Waals surface area contributed by atoms with Crippen LogP contribution in [0.2, 0.25) is 0 Å². The van der Waals surface area contributed by atoms with Gasteiger partial charge >= 0.3 is 0 Å². The van der Waals surface area contributed by atoms with Crippen molar-refractivity contribution in [3.8, 4) is 11.3 Å². The number of imidazole rings is 1. The van der Waals surface area contributed by atoms with Crippen molar-refractivity contribution in [2.24, 2.45) is 0 Å². The van der Waals surface area contributed by atoms with Crippen LogP contribution in [0.5, 0.6) is 0 Å². The van der Waals surface area contributed by atoms with Gasteiger partial charge < -0.3 is 4.98 Å². The van der Waals surface area contributed by atoms with Crippen molar-refractivity contribution in [2.75, 3.05) is 14.1 Å². The Balaban J connectivity index is 2.27. The zero-order chi connectivity index (χ0) is 11.5. The van der Waals surface area contributed by atoms with E-state index in [1.807, 2.05) is 24.4 Å². The average Bonchev–Trinajstić information content (AvgIpc) is 2.78. The van der Waals surface area contributed by atoms with Gasteiger partial charge in [0.1, 0.15) is 5.82 Å². The number of aromatic amines is 1. The number of H-pyrrole nitrogens is 1. The predicted octanol–water partition coefficient (Wildman–Crippen LogP) is 2.70. The number of nitrogens with zero attached hydrogens (tertiary/aromatic N) is 2. The van der Waals surface area contributed by atoms with Crippen molar-refractivity contribution >= 4 is 0 Å². The van der Waals surface area contributed by atoms with Crippen LogP contribution in [0.15, 0.2) is 36.5 Å². The zero-order valence-electron chi connectivity index (χ0n) is 9.94. The summed E-state index contributed by atoms with van der Waals surface area (Å²) in [5.41, 5.74) is 2.15. The van der Waals surface area contributed by atoms with E-state index in [2.05, 4.69) is 48.0 Å².